The molecule has 3 N–H and O–H groups in total. The van der Waals surface area contributed by atoms with Crippen molar-refractivity contribution in [1.82, 2.24) is 15.5 Å². The summed E-state index contributed by atoms with van der Waals surface area (Å²) in [6.07, 6.45) is 4.46. The van der Waals surface area contributed by atoms with Gasteiger partial charge in [-0.2, -0.15) is 5.26 Å². The first-order valence-corrected chi connectivity index (χ1v) is 13.1. The fourth-order valence-electron chi connectivity index (χ4n) is 4.35. The van der Waals surface area contributed by atoms with Gasteiger partial charge in [-0.05, 0) is 74.6 Å². The lowest BCUT2D eigenvalue weighted by atomic mass is 10.1. The number of aryl methyl sites for hydroxylation is 1. The third-order valence-electron chi connectivity index (χ3n) is 6.18. The Kier molecular flexibility index (Phi) is 9.10. The summed E-state index contributed by atoms with van der Waals surface area (Å²) in [4.78, 5) is 31.9. The fourth-order valence-corrected chi connectivity index (χ4v) is 4.85. The summed E-state index contributed by atoms with van der Waals surface area (Å²) in [5.41, 5.74) is 2.32. The third-order valence-corrected chi connectivity index (χ3v) is 6.77. The van der Waals surface area contributed by atoms with Crippen LogP contribution in [0.1, 0.15) is 30.6 Å². The highest BCUT2D eigenvalue weighted by Crippen LogP contribution is 2.23. The van der Waals surface area contributed by atoms with Gasteiger partial charge in [-0.1, -0.05) is 29.3 Å². The molecule has 38 heavy (non-hydrogen) atoms. The Balaban J connectivity index is 1.38. The van der Waals surface area contributed by atoms with Crippen LogP contribution in [0.4, 0.5) is 5.69 Å². The number of likely N-dealkylation sites (tertiary alicyclic amines) is 1. The minimum Gasteiger partial charge on any atom is -0.461 e. The number of guanidine groups is 1. The van der Waals surface area contributed by atoms with E-state index in [-0.39, 0.29) is 24.3 Å². The van der Waals surface area contributed by atoms with Crippen molar-refractivity contribution in [3.8, 4) is 6.19 Å². The number of anilines is 1. The zero-order valence-corrected chi connectivity index (χ0v) is 22.4. The van der Waals surface area contributed by atoms with Crippen LogP contribution in [0.3, 0.4) is 0 Å². The summed E-state index contributed by atoms with van der Waals surface area (Å²) in [6, 6.07) is 11.9. The molecule has 1 fully saturated rings. The minimum atomic E-state index is -0.721. The number of fused-ring (bicyclic) bond motifs is 1. The molecular weight excluding hydrogens is 527 g/mol. The lowest BCUT2D eigenvalue weighted by Gasteiger charge is -2.22. The van der Waals surface area contributed by atoms with Crippen LogP contribution in [0.5, 0.6) is 0 Å². The summed E-state index contributed by atoms with van der Waals surface area (Å²) >= 11 is 12.1. The number of nitrogens with zero attached hydrogens (tertiary/aromatic N) is 3. The van der Waals surface area contributed by atoms with Gasteiger partial charge < -0.3 is 20.0 Å². The van der Waals surface area contributed by atoms with Gasteiger partial charge in [0.25, 0.3) is 0 Å². The lowest BCUT2D eigenvalue weighted by Crippen LogP contribution is -2.44. The van der Waals surface area contributed by atoms with Crippen molar-refractivity contribution in [3.05, 3.63) is 63.8 Å². The first-order valence-electron chi connectivity index (χ1n) is 12.3. The normalized spacial score (nSPS) is 16.2. The molecular formula is C27H28Cl2N6O3. The molecule has 1 aromatic heterocycles. The molecule has 2 amide bonds. The van der Waals surface area contributed by atoms with Gasteiger partial charge in [0.15, 0.2) is 6.19 Å². The molecule has 1 atom stereocenters. The molecule has 0 bridgehead atoms. The van der Waals surface area contributed by atoms with E-state index in [0.717, 1.165) is 35.1 Å². The number of furan rings is 1. The van der Waals surface area contributed by atoms with Crippen molar-refractivity contribution in [3.63, 3.8) is 0 Å². The van der Waals surface area contributed by atoms with Crippen LogP contribution in [0.2, 0.25) is 10.0 Å². The summed E-state index contributed by atoms with van der Waals surface area (Å²) < 4.78 is 5.61. The summed E-state index contributed by atoms with van der Waals surface area (Å²) in [6.45, 7) is 2.65. The maximum absolute atomic E-state index is 13.3. The van der Waals surface area contributed by atoms with E-state index in [1.165, 1.54) is 4.90 Å². The Morgan fingerprint density at radius 2 is 2.05 bits per heavy atom. The average molecular weight is 555 g/mol. The van der Waals surface area contributed by atoms with Gasteiger partial charge in [0.05, 0.1) is 6.54 Å². The molecule has 0 saturated carbocycles. The molecule has 1 aliphatic rings. The Morgan fingerprint density at radius 3 is 2.84 bits per heavy atom. The summed E-state index contributed by atoms with van der Waals surface area (Å²) in [5.74, 6) is 0.448. The molecule has 198 valence electrons. The van der Waals surface area contributed by atoms with E-state index in [1.54, 1.807) is 12.1 Å². The molecule has 1 unspecified atom stereocenters. The van der Waals surface area contributed by atoms with Gasteiger partial charge >= 0.3 is 0 Å². The topological polar surface area (TPSA) is 123 Å². The molecule has 2 aromatic carbocycles. The number of carbonyl (C=O) groups excluding carboxylic acids is 2. The predicted octanol–water partition coefficient (Wildman–Crippen LogP) is 4.63. The number of aliphatic imine (C=N–C) groups is 1. The number of nitriles is 1. The number of halogens is 2. The predicted molar refractivity (Wildman–Crippen MR) is 148 cm³/mol. The number of hydrogen-bond donors (Lipinski definition) is 3. The van der Waals surface area contributed by atoms with Crippen LogP contribution in [0.25, 0.3) is 11.0 Å². The molecule has 0 aliphatic carbocycles. The molecule has 3 aromatic rings. The molecule has 1 saturated heterocycles. The Bertz CT molecular complexity index is 1400. The molecule has 2 heterocycles. The zero-order chi connectivity index (χ0) is 27.1. The van der Waals surface area contributed by atoms with E-state index in [0.29, 0.717) is 41.7 Å². The van der Waals surface area contributed by atoms with Crippen molar-refractivity contribution in [1.29, 1.82) is 5.26 Å². The molecule has 4 rings (SSSR count). The van der Waals surface area contributed by atoms with E-state index in [9.17, 15) is 14.9 Å². The Labute approximate surface area is 230 Å². The lowest BCUT2D eigenvalue weighted by molar-refractivity contribution is -0.136. The summed E-state index contributed by atoms with van der Waals surface area (Å²) in [7, 11) is 0. The number of nitrogens with one attached hydrogen (secondary N) is 3. The molecule has 0 radical (unpaired) electrons. The largest absolute Gasteiger partial charge is 0.461 e. The maximum atomic E-state index is 13.3. The van der Waals surface area contributed by atoms with Crippen LogP contribution in [0, 0.1) is 18.4 Å². The number of carbonyl (C=O) groups is 2. The van der Waals surface area contributed by atoms with Crippen molar-refractivity contribution in [2.75, 3.05) is 25.0 Å². The number of rotatable bonds is 7. The van der Waals surface area contributed by atoms with E-state index < -0.39 is 6.04 Å². The van der Waals surface area contributed by atoms with Crippen molar-refractivity contribution in [2.45, 2.75) is 38.6 Å². The second kappa shape index (κ2) is 12.7. The van der Waals surface area contributed by atoms with Gasteiger partial charge in [0.2, 0.25) is 17.8 Å². The molecule has 0 spiro atoms. The summed E-state index contributed by atoms with van der Waals surface area (Å²) in [5, 5.41) is 19.7. The average Bonchev–Trinajstić information content (AvgIpc) is 3.16. The second-order valence-corrected chi connectivity index (χ2v) is 9.90. The van der Waals surface area contributed by atoms with Crippen LogP contribution in [-0.4, -0.2) is 48.3 Å². The zero-order valence-electron chi connectivity index (χ0n) is 20.9. The first-order chi connectivity index (χ1) is 18.3. The minimum absolute atomic E-state index is 0.0653. The van der Waals surface area contributed by atoms with Gasteiger partial charge in [-0.3, -0.25) is 14.9 Å². The highest BCUT2D eigenvalue weighted by Gasteiger charge is 2.28. The fraction of sp³-hybridized carbons (Fsp3) is 0.333. The van der Waals surface area contributed by atoms with Crippen LogP contribution >= 0.6 is 23.2 Å². The third kappa shape index (κ3) is 7.18. The van der Waals surface area contributed by atoms with Crippen LogP contribution < -0.4 is 16.0 Å². The van der Waals surface area contributed by atoms with E-state index in [1.807, 2.05) is 43.4 Å². The molecule has 9 nitrogen and oxygen atoms in total. The van der Waals surface area contributed by atoms with Gasteiger partial charge in [0.1, 0.15) is 17.4 Å². The smallest absolute Gasteiger partial charge is 0.247 e. The van der Waals surface area contributed by atoms with Gasteiger partial charge in [-0.15, -0.1) is 0 Å². The first kappa shape index (κ1) is 27.3. The maximum Gasteiger partial charge on any atom is 0.247 e. The Morgan fingerprint density at radius 1 is 1.21 bits per heavy atom. The van der Waals surface area contributed by atoms with E-state index in [2.05, 4.69) is 20.9 Å². The monoisotopic (exact) mass is 554 g/mol. The highest BCUT2D eigenvalue weighted by molar-refractivity contribution is 6.35. The van der Waals surface area contributed by atoms with Gasteiger partial charge in [0, 0.05) is 34.2 Å². The molecule has 11 heteroatoms. The number of hydrogen-bond acceptors (Lipinski definition) is 5. The van der Waals surface area contributed by atoms with Crippen LogP contribution in [0.15, 0.2) is 51.9 Å². The number of benzene rings is 2. The number of amides is 2. The van der Waals surface area contributed by atoms with Crippen molar-refractivity contribution < 1.29 is 14.0 Å². The second-order valence-electron chi connectivity index (χ2n) is 9.06. The van der Waals surface area contributed by atoms with Crippen molar-refractivity contribution in [2.24, 2.45) is 4.99 Å². The standard InChI is InChI=1S/C27H28Cl2N6O3/c1-17-12-19-13-21(7-8-24(19)38-17)33-27(32-16-30)34-23-4-2-3-11-35(26(23)37)15-25(36)31-10-9-18-5-6-20(28)14-22(18)29/h5-8,12-14,23H,2-4,9-11,15H2,1H3,(H,31,36)(H2,32,33,34). The highest BCUT2D eigenvalue weighted by atomic mass is 35.5. The van der Waals surface area contributed by atoms with Gasteiger partial charge in [-0.25, -0.2) is 4.99 Å². The van der Waals surface area contributed by atoms with Crippen molar-refractivity contribution >= 4 is 57.6 Å². The SMILES string of the molecule is Cc1cc2cc(NC(=NC3CCCCN(CC(=O)NCCc4ccc(Cl)cc4Cl)C3=O)NC#N)ccc2o1. The van der Waals surface area contributed by atoms with E-state index >= 15 is 0 Å². The van der Waals surface area contributed by atoms with Crippen LogP contribution in [-0.2, 0) is 16.0 Å². The molecule has 1 aliphatic heterocycles. The Hall–Kier alpha value is -3.74. The van der Waals surface area contributed by atoms with E-state index in [4.69, 9.17) is 27.6 Å². The quantitative estimate of drug-likeness (QED) is 0.169.